The monoisotopic (exact) mass is 282 g/mol. The lowest BCUT2D eigenvalue weighted by molar-refractivity contribution is -0.292. The van der Waals surface area contributed by atoms with E-state index in [1.54, 1.807) is 5.20 Å². The van der Waals surface area contributed by atoms with Gasteiger partial charge in [0.15, 0.2) is 5.79 Å². The lowest BCUT2D eigenvalue weighted by Crippen LogP contribution is -2.47. The molecule has 0 aromatic rings. The van der Waals surface area contributed by atoms with Gasteiger partial charge >= 0.3 is 0 Å². The summed E-state index contributed by atoms with van der Waals surface area (Å²) in [6.07, 6.45) is 4.46. The second kappa shape index (κ2) is 5.34. The fourth-order valence-electron chi connectivity index (χ4n) is 3.51. The first-order chi connectivity index (χ1) is 8.91. The van der Waals surface area contributed by atoms with Crippen LogP contribution < -0.4 is 0 Å². The minimum absolute atomic E-state index is 0.169. The van der Waals surface area contributed by atoms with Gasteiger partial charge in [-0.25, -0.2) is 0 Å². The van der Waals surface area contributed by atoms with Crippen LogP contribution in [0.2, 0.25) is 18.1 Å². The Morgan fingerprint density at radius 3 is 2.05 bits per heavy atom. The van der Waals surface area contributed by atoms with Gasteiger partial charge in [-0.3, -0.25) is 0 Å². The summed E-state index contributed by atoms with van der Waals surface area (Å²) in [5.41, 5.74) is 0.169. The fourth-order valence-corrected chi connectivity index (χ4v) is 7.55. The zero-order chi connectivity index (χ0) is 14.1. The quantitative estimate of drug-likeness (QED) is 0.706. The van der Waals surface area contributed by atoms with Crippen molar-refractivity contribution < 1.29 is 9.47 Å². The summed E-state index contributed by atoms with van der Waals surface area (Å²) in [5, 5.41) is 1.71. The van der Waals surface area contributed by atoms with Gasteiger partial charge in [0.05, 0.1) is 21.3 Å². The van der Waals surface area contributed by atoms with Crippen molar-refractivity contribution >= 4 is 8.07 Å². The Labute approximate surface area is 119 Å². The highest BCUT2D eigenvalue weighted by molar-refractivity contribution is 6.86. The van der Waals surface area contributed by atoms with Crippen LogP contribution in [0.4, 0.5) is 0 Å². The minimum atomic E-state index is -1.23. The third-order valence-electron chi connectivity index (χ3n) is 5.28. The molecule has 0 aromatic heterocycles. The van der Waals surface area contributed by atoms with E-state index in [0.29, 0.717) is 0 Å². The fraction of sp³-hybridized carbons (Fsp3) is 0.875. The third kappa shape index (κ3) is 2.83. The molecule has 3 heteroatoms. The molecule has 1 fully saturated rings. The maximum atomic E-state index is 6.15. The summed E-state index contributed by atoms with van der Waals surface area (Å²) in [6, 6.07) is 4.06. The highest BCUT2D eigenvalue weighted by Crippen LogP contribution is 2.45. The van der Waals surface area contributed by atoms with Crippen molar-refractivity contribution in [2.45, 2.75) is 71.4 Å². The minimum Gasteiger partial charge on any atom is -0.349 e. The van der Waals surface area contributed by atoms with Crippen LogP contribution >= 0.6 is 0 Å². The second-order valence-electron chi connectivity index (χ2n) is 7.10. The van der Waals surface area contributed by atoms with Gasteiger partial charge in [0.1, 0.15) is 0 Å². The molecule has 0 saturated carbocycles. The first kappa shape index (κ1) is 15.3. The molecule has 0 unspecified atom stereocenters. The largest absolute Gasteiger partial charge is 0.349 e. The van der Waals surface area contributed by atoms with Crippen molar-refractivity contribution in [2.24, 2.45) is 5.41 Å². The molecule has 19 heavy (non-hydrogen) atoms. The second-order valence-corrected chi connectivity index (χ2v) is 12.4. The molecule has 1 heterocycles. The number of hydrogen-bond acceptors (Lipinski definition) is 2. The normalized spacial score (nSPS) is 25.6. The van der Waals surface area contributed by atoms with E-state index in [4.69, 9.17) is 9.47 Å². The van der Waals surface area contributed by atoms with Gasteiger partial charge in [-0.05, 0) is 0 Å². The maximum Gasteiger partial charge on any atom is 0.175 e. The van der Waals surface area contributed by atoms with E-state index in [0.717, 1.165) is 26.1 Å². The van der Waals surface area contributed by atoms with Crippen molar-refractivity contribution in [1.82, 2.24) is 0 Å². The first-order valence-corrected chi connectivity index (χ1v) is 10.5. The smallest absolute Gasteiger partial charge is 0.175 e. The van der Waals surface area contributed by atoms with Crippen molar-refractivity contribution in [1.29, 1.82) is 0 Å². The van der Waals surface area contributed by atoms with E-state index in [2.05, 4.69) is 40.7 Å². The van der Waals surface area contributed by atoms with E-state index < -0.39 is 8.07 Å². The predicted molar refractivity (Wildman–Crippen MR) is 82.9 cm³/mol. The molecule has 2 rings (SSSR count). The van der Waals surface area contributed by atoms with E-state index in [9.17, 15) is 0 Å². The van der Waals surface area contributed by atoms with Crippen molar-refractivity contribution in [3.05, 3.63) is 11.3 Å². The summed E-state index contributed by atoms with van der Waals surface area (Å²) in [5.74, 6) is -0.303. The molecule has 0 N–H and O–H groups in total. The average molecular weight is 282 g/mol. The van der Waals surface area contributed by atoms with Crippen LogP contribution in [0.15, 0.2) is 11.3 Å². The zero-order valence-corrected chi connectivity index (χ0v) is 14.3. The van der Waals surface area contributed by atoms with Gasteiger partial charge in [0.25, 0.3) is 0 Å². The van der Waals surface area contributed by atoms with Crippen LogP contribution in [0.5, 0.6) is 0 Å². The Bertz CT molecular complexity index is 337. The van der Waals surface area contributed by atoms with E-state index >= 15 is 0 Å². The van der Waals surface area contributed by atoms with E-state index in [-0.39, 0.29) is 11.2 Å². The molecule has 0 aromatic carbocycles. The number of hydrogen-bond donors (Lipinski definition) is 0. The van der Waals surface area contributed by atoms with Crippen molar-refractivity contribution in [3.8, 4) is 0 Å². The Kier molecular flexibility index (Phi) is 4.29. The molecule has 0 atom stereocenters. The van der Waals surface area contributed by atoms with Crippen LogP contribution in [-0.4, -0.2) is 27.1 Å². The van der Waals surface area contributed by atoms with Gasteiger partial charge < -0.3 is 9.47 Å². The first-order valence-electron chi connectivity index (χ1n) is 7.88. The molecule has 1 saturated heterocycles. The Morgan fingerprint density at radius 2 is 1.58 bits per heavy atom. The average Bonchev–Trinajstić information content (AvgIpc) is 2.82. The van der Waals surface area contributed by atoms with Gasteiger partial charge in [-0.15, -0.1) is 0 Å². The molecule has 1 spiro atoms. The van der Waals surface area contributed by atoms with E-state index in [1.165, 1.54) is 18.1 Å². The van der Waals surface area contributed by atoms with Gasteiger partial charge in [-0.1, -0.05) is 64.0 Å². The summed E-state index contributed by atoms with van der Waals surface area (Å²) < 4.78 is 12.3. The van der Waals surface area contributed by atoms with E-state index in [1.807, 2.05) is 0 Å². The Balaban J connectivity index is 2.07. The maximum absolute atomic E-state index is 6.15. The molecular formula is C16H30O2Si. The van der Waals surface area contributed by atoms with Crippen molar-refractivity contribution in [2.75, 3.05) is 13.2 Å². The third-order valence-corrected chi connectivity index (χ3v) is 11.1. The highest BCUT2D eigenvalue weighted by atomic mass is 28.3. The summed E-state index contributed by atoms with van der Waals surface area (Å²) >= 11 is 0. The van der Waals surface area contributed by atoms with Gasteiger partial charge in [-0.2, -0.15) is 0 Å². The Morgan fingerprint density at radius 1 is 1.05 bits per heavy atom. The number of rotatable bonds is 4. The lowest BCUT2D eigenvalue weighted by Gasteiger charge is -2.42. The molecule has 1 aliphatic heterocycles. The van der Waals surface area contributed by atoms with Crippen LogP contribution in [-0.2, 0) is 9.47 Å². The molecule has 2 nitrogen and oxygen atoms in total. The standard InChI is InChI=1S/C16H30O2Si/c1-6-19(7-2,8-3)14-9-10-16(11-14)17-12-15(4,5)13-18-16/h9H,6-8,10-13H2,1-5H3. The molecule has 2 aliphatic rings. The molecule has 0 radical (unpaired) electrons. The summed E-state index contributed by atoms with van der Waals surface area (Å²) in [6.45, 7) is 13.2. The zero-order valence-electron chi connectivity index (χ0n) is 13.3. The Hall–Kier alpha value is -0.123. The molecule has 0 bridgehead atoms. The molecule has 0 amide bonds. The summed E-state index contributed by atoms with van der Waals surface area (Å²) in [4.78, 5) is 0. The van der Waals surface area contributed by atoms with Crippen molar-refractivity contribution in [3.63, 3.8) is 0 Å². The molecule has 1 aliphatic carbocycles. The predicted octanol–water partition coefficient (Wildman–Crippen LogP) is 4.52. The SMILES string of the molecule is CC[Si](CC)(CC)C1=CCC2(C1)OCC(C)(C)CO2. The van der Waals surface area contributed by atoms with Gasteiger partial charge in [0.2, 0.25) is 0 Å². The molecular weight excluding hydrogens is 252 g/mol. The molecule has 110 valence electrons. The summed E-state index contributed by atoms with van der Waals surface area (Å²) in [7, 11) is -1.23. The van der Waals surface area contributed by atoms with Crippen LogP contribution in [0.3, 0.4) is 0 Å². The number of ether oxygens (including phenoxy) is 2. The topological polar surface area (TPSA) is 18.5 Å². The van der Waals surface area contributed by atoms with Crippen LogP contribution in [0.25, 0.3) is 0 Å². The van der Waals surface area contributed by atoms with Crippen LogP contribution in [0, 0.1) is 5.41 Å². The van der Waals surface area contributed by atoms with Gasteiger partial charge in [0, 0.05) is 18.3 Å². The van der Waals surface area contributed by atoms with Crippen LogP contribution in [0.1, 0.15) is 47.5 Å². The lowest BCUT2D eigenvalue weighted by atomic mass is 9.94. The highest BCUT2D eigenvalue weighted by Gasteiger charge is 2.47.